The van der Waals surface area contributed by atoms with E-state index in [-0.39, 0.29) is 5.60 Å². The Morgan fingerprint density at radius 3 is 3.00 bits per heavy atom. The first-order valence-electron chi connectivity index (χ1n) is 8.32. The molecule has 1 spiro atoms. The van der Waals surface area contributed by atoms with Crippen molar-refractivity contribution in [1.82, 2.24) is 9.27 Å². The summed E-state index contributed by atoms with van der Waals surface area (Å²) in [5.74, 6) is 1.61. The van der Waals surface area contributed by atoms with Crippen molar-refractivity contribution in [1.29, 1.82) is 0 Å². The summed E-state index contributed by atoms with van der Waals surface area (Å²) in [6.07, 6.45) is 3.39. The highest BCUT2D eigenvalue weighted by molar-refractivity contribution is 7.13. The summed E-state index contributed by atoms with van der Waals surface area (Å²) in [6.45, 7) is 5.53. The second kappa shape index (κ2) is 4.92. The molecule has 5 heterocycles. The standard InChI is InChI=1S/C17H20N4OS/c1-11-14-3-2-13(8-15(14)23-20-11)18-16-9-17(22-19-16)10-21-6-4-12(17)5-7-21/h2-3,8,12H,4-7,9-10H2,1H3,(H,18,19)/t17-/m0/s1. The number of aromatic nitrogens is 1. The molecule has 2 bridgehead atoms. The molecule has 0 amide bonds. The van der Waals surface area contributed by atoms with E-state index < -0.39 is 0 Å². The molecule has 1 aromatic heterocycles. The second-order valence-electron chi connectivity index (χ2n) is 7.03. The number of oxime groups is 1. The number of aryl methyl sites for hydroxylation is 1. The highest BCUT2D eigenvalue weighted by Crippen LogP contribution is 2.43. The van der Waals surface area contributed by atoms with E-state index in [4.69, 9.17) is 4.84 Å². The Morgan fingerprint density at radius 2 is 2.22 bits per heavy atom. The number of anilines is 1. The molecule has 1 N–H and O–H groups in total. The lowest BCUT2D eigenvalue weighted by Gasteiger charge is -2.49. The van der Waals surface area contributed by atoms with Gasteiger partial charge in [0.1, 0.15) is 0 Å². The van der Waals surface area contributed by atoms with Crippen LogP contribution < -0.4 is 5.32 Å². The minimum absolute atomic E-state index is 0.0794. The molecule has 0 aliphatic carbocycles. The molecule has 6 heteroatoms. The maximum absolute atomic E-state index is 5.97. The lowest BCUT2D eigenvalue weighted by molar-refractivity contribution is -0.136. The number of hydrogen-bond acceptors (Lipinski definition) is 6. The minimum Gasteiger partial charge on any atom is -0.386 e. The van der Waals surface area contributed by atoms with Gasteiger partial charge < -0.3 is 10.2 Å². The van der Waals surface area contributed by atoms with Crippen molar-refractivity contribution in [3.63, 3.8) is 0 Å². The van der Waals surface area contributed by atoms with Crippen molar-refractivity contribution in [3.8, 4) is 0 Å². The van der Waals surface area contributed by atoms with E-state index in [0.29, 0.717) is 5.92 Å². The topological polar surface area (TPSA) is 49.8 Å². The lowest BCUT2D eigenvalue weighted by Crippen LogP contribution is -2.59. The van der Waals surface area contributed by atoms with Gasteiger partial charge in [-0.25, -0.2) is 0 Å². The van der Waals surface area contributed by atoms with Crippen LogP contribution in [0.5, 0.6) is 0 Å². The van der Waals surface area contributed by atoms with Crippen LogP contribution in [0.15, 0.2) is 23.4 Å². The smallest absolute Gasteiger partial charge is 0.160 e. The van der Waals surface area contributed by atoms with Crippen molar-refractivity contribution >= 4 is 33.1 Å². The number of benzene rings is 1. The van der Waals surface area contributed by atoms with Gasteiger partial charge in [0.2, 0.25) is 0 Å². The fourth-order valence-corrected chi connectivity index (χ4v) is 5.12. The molecule has 1 atom stereocenters. The molecular formula is C17H20N4OS. The van der Waals surface area contributed by atoms with E-state index >= 15 is 0 Å². The van der Waals surface area contributed by atoms with Crippen molar-refractivity contribution in [3.05, 3.63) is 23.9 Å². The molecular weight excluding hydrogens is 308 g/mol. The predicted molar refractivity (Wildman–Crippen MR) is 93.0 cm³/mol. The monoisotopic (exact) mass is 328 g/mol. The number of amidine groups is 1. The first-order valence-corrected chi connectivity index (χ1v) is 9.10. The normalized spacial score (nSPS) is 32.3. The van der Waals surface area contributed by atoms with Crippen molar-refractivity contribution in [2.24, 2.45) is 11.1 Å². The van der Waals surface area contributed by atoms with Crippen LogP contribution in [0.3, 0.4) is 0 Å². The Morgan fingerprint density at radius 1 is 1.35 bits per heavy atom. The fourth-order valence-electron chi connectivity index (χ4n) is 4.30. The Kier molecular flexibility index (Phi) is 2.94. The van der Waals surface area contributed by atoms with Gasteiger partial charge in [-0.2, -0.15) is 4.37 Å². The largest absolute Gasteiger partial charge is 0.386 e. The van der Waals surface area contributed by atoms with Gasteiger partial charge in [0, 0.05) is 23.5 Å². The van der Waals surface area contributed by atoms with Crippen LogP contribution in [0.4, 0.5) is 5.69 Å². The zero-order valence-electron chi connectivity index (χ0n) is 13.2. The first kappa shape index (κ1) is 13.7. The molecule has 0 unspecified atom stereocenters. The third-order valence-corrected chi connectivity index (χ3v) is 6.47. The fraction of sp³-hybridized carbons (Fsp3) is 0.529. The number of rotatable bonds is 1. The number of nitrogens with zero attached hydrogens (tertiary/aromatic N) is 3. The van der Waals surface area contributed by atoms with Gasteiger partial charge in [0.15, 0.2) is 11.4 Å². The number of piperidine rings is 3. The van der Waals surface area contributed by atoms with Gasteiger partial charge in [-0.3, -0.25) is 4.90 Å². The van der Waals surface area contributed by atoms with Crippen molar-refractivity contribution < 1.29 is 4.84 Å². The van der Waals surface area contributed by atoms with Gasteiger partial charge in [0.25, 0.3) is 0 Å². The average Bonchev–Trinajstić information content (AvgIpc) is 3.13. The predicted octanol–water partition coefficient (Wildman–Crippen LogP) is 3.21. The van der Waals surface area contributed by atoms with Crippen LogP contribution >= 0.6 is 11.5 Å². The van der Waals surface area contributed by atoms with Crippen LogP contribution in [-0.2, 0) is 4.84 Å². The summed E-state index contributed by atoms with van der Waals surface area (Å²) in [4.78, 5) is 8.48. The van der Waals surface area contributed by atoms with E-state index in [0.717, 1.165) is 30.2 Å². The molecule has 23 heavy (non-hydrogen) atoms. The molecule has 0 radical (unpaired) electrons. The van der Waals surface area contributed by atoms with Gasteiger partial charge in [-0.05, 0) is 62.6 Å². The molecule has 3 fully saturated rings. The summed E-state index contributed by atoms with van der Waals surface area (Å²) in [7, 11) is 0. The van der Waals surface area contributed by atoms with E-state index in [1.54, 1.807) is 11.5 Å². The zero-order chi connectivity index (χ0) is 15.4. The summed E-state index contributed by atoms with van der Waals surface area (Å²) in [6, 6.07) is 6.40. The Labute approximate surface area is 139 Å². The Hall–Kier alpha value is -1.66. The van der Waals surface area contributed by atoms with Crippen LogP contribution in [0.1, 0.15) is 25.0 Å². The summed E-state index contributed by atoms with van der Waals surface area (Å²) in [5, 5.41) is 9.07. The summed E-state index contributed by atoms with van der Waals surface area (Å²) < 4.78 is 5.63. The van der Waals surface area contributed by atoms with Crippen LogP contribution in [-0.4, -0.2) is 40.3 Å². The van der Waals surface area contributed by atoms with Crippen molar-refractivity contribution in [2.75, 3.05) is 25.0 Å². The molecule has 4 aliphatic rings. The number of fused-ring (bicyclic) bond motifs is 3. The van der Waals surface area contributed by atoms with Gasteiger partial charge in [0.05, 0.1) is 16.8 Å². The lowest BCUT2D eigenvalue weighted by atomic mass is 9.73. The average molecular weight is 328 g/mol. The highest BCUT2D eigenvalue weighted by atomic mass is 32.1. The third kappa shape index (κ3) is 2.16. The maximum Gasteiger partial charge on any atom is 0.160 e. The van der Waals surface area contributed by atoms with Gasteiger partial charge >= 0.3 is 0 Å². The van der Waals surface area contributed by atoms with Crippen LogP contribution in [0.2, 0.25) is 0 Å². The number of hydrogen-bond donors (Lipinski definition) is 1. The Bertz CT molecular complexity index is 793. The van der Waals surface area contributed by atoms with Gasteiger partial charge in [-0.1, -0.05) is 5.16 Å². The zero-order valence-corrected chi connectivity index (χ0v) is 14.0. The first-order chi connectivity index (χ1) is 11.2. The van der Waals surface area contributed by atoms with E-state index in [1.807, 2.05) is 0 Å². The minimum atomic E-state index is -0.0794. The van der Waals surface area contributed by atoms with Crippen LogP contribution in [0.25, 0.3) is 10.1 Å². The Balaban J connectivity index is 1.35. The third-order valence-electron chi connectivity index (χ3n) is 5.57. The molecule has 4 aliphatic heterocycles. The molecule has 3 saturated heterocycles. The molecule has 6 rings (SSSR count). The van der Waals surface area contributed by atoms with Gasteiger partial charge in [-0.15, -0.1) is 0 Å². The highest BCUT2D eigenvalue weighted by Gasteiger charge is 2.52. The van der Waals surface area contributed by atoms with Crippen molar-refractivity contribution in [2.45, 2.75) is 31.8 Å². The molecule has 0 saturated carbocycles. The second-order valence-corrected chi connectivity index (χ2v) is 7.83. The molecule has 1 aromatic carbocycles. The van der Waals surface area contributed by atoms with E-state index in [9.17, 15) is 0 Å². The van der Waals surface area contributed by atoms with E-state index in [2.05, 4.69) is 44.9 Å². The maximum atomic E-state index is 5.97. The molecule has 5 nitrogen and oxygen atoms in total. The number of nitrogens with one attached hydrogen (secondary N) is 1. The van der Waals surface area contributed by atoms with Crippen LogP contribution in [0, 0.1) is 12.8 Å². The van der Waals surface area contributed by atoms with E-state index in [1.165, 1.54) is 36.0 Å². The summed E-state index contributed by atoms with van der Waals surface area (Å²) >= 11 is 1.55. The SMILES string of the molecule is Cc1nsc2cc(NC3=NO[C@@]4(C3)CN3CCC4CC3)ccc12. The molecule has 120 valence electrons. The summed E-state index contributed by atoms with van der Waals surface area (Å²) in [5.41, 5.74) is 2.09. The quantitative estimate of drug-likeness (QED) is 0.873. The molecule has 2 aromatic rings.